The van der Waals surface area contributed by atoms with Crippen molar-refractivity contribution in [1.29, 1.82) is 0 Å². The Hall–Kier alpha value is -2.92. The fraction of sp³-hybridized carbons (Fsp3) is 0.843. The van der Waals surface area contributed by atoms with Gasteiger partial charge < -0.3 is 79.2 Å². The van der Waals surface area contributed by atoms with Crippen LogP contribution in [0.15, 0.2) is 23.3 Å². The van der Waals surface area contributed by atoms with Crippen LogP contribution in [0.2, 0.25) is 0 Å². The van der Waals surface area contributed by atoms with Gasteiger partial charge >= 0.3 is 17.9 Å². The molecule has 0 aromatic heterocycles. The van der Waals surface area contributed by atoms with Crippen molar-refractivity contribution in [2.45, 2.75) is 200 Å². The number of aliphatic hydroxyl groups excluding tert-OH is 8. The fourth-order valence-electron chi connectivity index (χ4n) is 14.6. The van der Waals surface area contributed by atoms with Crippen LogP contribution < -0.4 is 0 Å². The summed E-state index contributed by atoms with van der Waals surface area (Å²) in [7, 11) is 0. The molecule has 396 valence electrons. The molecule has 7 aliphatic rings. The van der Waals surface area contributed by atoms with Crippen LogP contribution in [-0.4, -0.2) is 169 Å². The van der Waals surface area contributed by atoms with Gasteiger partial charge in [-0.25, -0.2) is 9.59 Å². The number of aliphatic hydroxyl groups is 8. The Morgan fingerprint density at radius 3 is 2.13 bits per heavy atom. The summed E-state index contributed by atoms with van der Waals surface area (Å²) >= 11 is 0. The van der Waals surface area contributed by atoms with Crippen LogP contribution in [0.3, 0.4) is 0 Å². The molecule has 19 heteroatoms. The van der Waals surface area contributed by atoms with Crippen LogP contribution in [0, 0.1) is 56.2 Å². The van der Waals surface area contributed by atoms with E-state index in [1.807, 2.05) is 27.7 Å². The van der Waals surface area contributed by atoms with E-state index in [9.17, 15) is 65.1 Å². The van der Waals surface area contributed by atoms with Crippen molar-refractivity contribution in [2.75, 3.05) is 13.2 Å². The molecule has 4 saturated carbocycles. The number of esters is 2. The fourth-order valence-corrected chi connectivity index (χ4v) is 14.6. The number of carboxylic acids is 1. The molecule has 2 heterocycles. The molecule has 19 nitrogen and oxygen atoms in total. The average Bonchev–Trinajstić information content (AvgIpc) is 3.31. The van der Waals surface area contributed by atoms with Crippen LogP contribution in [-0.2, 0) is 47.6 Å². The number of ether oxygens (including phenoxy) is 6. The molecule has 0 spiro atoms. The Morgan fingerprint density at radius 2 is 1.53 bits per heavy atom. The highest BCUT2D eigenvalue weighted by molar-refractivity contribution is 5.87. The van der Waals surface area contributed by atoms with E-state index in [0.717, 1.165) is 11.9 Å². The molecule has 0 aromatic rings. The first-order valence-corrected chi connectivity index (χ1v) is 25.0. The molecule has 70 heavy (non-hydrogen) atoms. The first kappa shape index (κ1) is 54.8. The second kappa shape index (κ2) is 19.4. The van der Waals surface area contributed by atoms with E-state index in [4.69, 9.17) is 28.4 Å². The first-order valence-electron chi connectivity index (χ1n) is 25.0. The summed E-state index contributed by atoms with van der Waals surface area (Å²) in [5, 5.41) is 101. The van der Waals surface area contributed by atoms with Gasteiger partial charge in [-0.3, -0.25) is 4.79 Å². The number of fused-ring (bicyclic) bond motifs is 7. The Morgan fingerprint density at radius 1 is 0.857 bits per heavy atom. The standard InChI is InChI=1S/C51H78O19/c1-11-23(3)42(63)69-39-40(70-43(64)24(4)12-2)51(22-53)26(19-46(39,5)6)25-13-14-29-47(7)17-16-30(48(8,21-52)28(47)15-18-49(29,9)50(25,10)37(59)38(51)60)66-45-34(58)35(33(57)36(68-45)41(61)62)67-44-32(56)31(55)27(54)20-65-44/h11,13,21,24,26-40,44-45,53-60H,12,14-20,22H2,1-10H3,(H,61,62)/t24-,26+,27+,28-,29-,30+,31+,32-,33+,34-,35+,36+,37+,38-,39+,40+,44+,45-,47+,48+,49-,50+,51+/m1/s1. The maximum absolute atomic E-state index is 13.8. The van der Waals surface area contributed by atoms with Gasteiger partial charge in [0.2, 0.25) is 0 Å². The summed E-state index contributed by atoms with van der Waals surface area (Å²) in [6, 6.07) is 0. The third-order valence-electron chi connectivity index (χ3n) is 19.4. The third kappa shape index (κ3) is 8.15. The van der Waals surface area contributed by atoms with E-state index in [0.29, 0.717) is 44.1 Å². The van der Waals surface area contributed by atoms with Crippen molar-refractivity contribution in [1.82, 2.24) is 0 Å². The molecule has 0 amide bonds. The van der Waals surface area contributed by atoms with Crippen molar-refractivity contribution in [2.24, 2.45) is 56.2 Å². The molecule has 5 aliphatic carbocycles. The van der Waals surface area contributed by atoms with Crippen molar-refractivity contribution < 1.29 is 93.6 Å². The minimum atomic E-state index is -2.01. The maximum Gasteiger partial charge on any atom is 0.335 e. The molecule has 0 unspecified atom stereocenters. The van der Waals surface area contributed by atoms with E-state index in [1.165, 1.54) is 0 Å². The number of aliphatic carboxylic acids is 1. The third-order valence-corrected chi connectivity index (χ3v) is 19.4. The number of rotatable bonds is 12. The van der Waals surface area contributed by atoms with Gasteiger partial charge in [-0.05, 0) is 87.4 Å². The molecule has 9 N–H and O–H groups in total. The van der Waals surface area contributed by atoms with Crippen LogP contribution in [0.25, 0.3) is 0 Å². The second-order valence-corrected chi connectivity index (χ2v) is 23.3. The molecule has 0 bridgehead atoms. The van der Waals surface area contributed by atoms with E-state index >= 15 is 0 Å². The van der Waals surface area contributed by atoms with E-state index < -0.39 is 161 Å². The molecule has 2 aliphatic heterocycles. The lowest BCUT2D eigenvalue weighted by Gasteiger charge is -2.73. The van der Waals surface area contributed by atoms with Gasteiger partial charge in [0.1, 0.15) is 49.0 Å². The van der Waals surface area contributed by atoms with Gasteiger partial charge in [0.25, 0.3) is 0 Å². The zero-order valence-electron chi connectivity index (χ0n) is 42.1. The predicted molar refractivity (Wildman–Crippen MR) is 245 cm³/mol. The van der Waals surface area contributed by atoms with Gasteiger partial charge in [0.15, 0.2) is 24.8 Å². The quantitative estimate of drug-likeness (QED) is 0.0442. The zero-order chi connectivity index (χ0) is 52.0. The molecule has 7 rings (SSSR count). The lowest BCUT2D eigenvalue weighted by atomic mass is 9.32. The molecule has 0 radical (unpaired) electrons. The molecular formula is C51H78O19. The number of hydrogen-bond donors (Lipinski definition) is 9. The predicted octanol–water partition coefficient (Wildman–Crippen LogP) is 1.70. The highest BCUT2D eigenvalue weighted by Gasteiger charge is 2.76. The van der Waals surface area contributed by atoms with Crippen molar-refractivity contribution in [3.8, 4) is 0 Å². The molecule has 2 saturated heterocycles. The van der Waals surface area contributed by atoms with Gasteiger partial charge in [0, 0.05) is 16.4 Å². The highest BCUT2D eigenvalue weighted by Crippen LogP contribution is 2.76. The number of aldehydes is 1. The monoisotopic (exact) mass is 995 g/mol. The van der Waals surface area contributed by atoms with Gasteiger partial charge in [-0.15, -0.1) is 0 Å². The molecule has 6 fully saturated rings. The Kier molecular flexibility index (Phi) is 15.2. The van der Waals surface area contributed by atoms with Crippen LogP contribution in [0.4, 0.5) is 0 Å². The summed E-state index contributed by atoms with van der Waals surface area (Å²) in [6.45, 7) is 17.5. The van der Waals surface area contributed by atoms with Crippen molar-refractivity contribution in [3.05, 3.63) is 23.3 Å². The molecular weight excluding hydrogens is 917 g/mol. The largest absolute Gasteiger partial charge is 0.479 e. The number of carboxylic acid groups (broad SMARTS) is 1. The topological polar surface area (TPSA) is 306 Å². The number of carbonyl (C=O) groups is 4. The van der Waals surface area contributed by atoms with Crippen molar-refractivity contribution in [3.63, 3.8) is 0 Å². The summed E-state index contributed by atoms with van der Waals surface area (Å²) in [5.74, 6) is -4.63. The summed E-state index contributed by atoms with van der Waals surface area (Å²) in [4.78, 5) is 53.4. The highest BCUT2D eigenvalue weighted by atomic mass is 16.7. The Bertz CT molecular complexity index is 2060. The van der Waals surface area contributed by atoms with Crippen LogP contribution >= 0.6 is 0 Å². The lowest BCUT2D eigenvalue weighted by molar-refractivity contribution is -0.356. The van der Waals surface area contributed by atoms with E-state index in [1.54, 1.807) is 33.8 Å². The van der Waals surface area contributed by atoms with E-state index in [2.05, 4.69) is 19.9 Å². The molecule has 0 aromatic carbocycles. The lowest BCUT2D eigenvalue weighted by Crippen LogP contribution is -2.76. The number of allylic oxidation sites excluding steroid dienone is 2. The van der Waals surface area contributed by atoms with E-state index in [-0.39, 0.29) is 18.3 Å². The van der Waals surface area contributed by atoms with Crippen LogP contribution in [0.1, 0.15) is 114 Å². The SMILES string of the molecule is CC=C(C)C(=O)O[C@H]1[C@H](OC(=O)[C@H](C)CC)[C@]2(CO)[C@H](O)[C@H](O)[C@]3(C)C(=CC[C@@H]4[C@@]5(C)CC[C@H](O[C@@H]6O[C@H](C(=O)O)[C@@H](O)[C@H](O[C@@H]7OC[C@H](O)[C@H](O)[C@H]7O)[C@H]6O)[C@@](C)(C=O)[C@@H]5CC[C@]43C)[C@@H]2CC1(C)C. The number of hydrogen-bond acceptors (Lipinski definition) is 18. The summed E-state index contributed by atoms with van der Waals surface area (Å²) in [5.41, 5.74) is -5.18. The maximum atomic E-state index is 13.8. The first-order chi connectivity index (χ1) is 32.6. The minimum absolute atomic E-state index is 0.207. The number of carbonyl (C=O) groups excluding carboxylic acids is 3. The minimum Gasteiger partial charge on any atom is -0.479 e. The smallest absolute Gasteiger partial charge is 0.335 e. The summed E-state index contributed by atoms with van der Waals surface area (Å²) < 4.78 is 35.7. The normalized spacial score (nSPS) is 49.4. The Labute approximate surface area is 409 Å². The van der Waals surface area contributed by atoms with Crippen LogP contribution in [0.5, 0.6) is 0 Å². The second-order valence-electron chi connectivity index (χ2n) is 23.3. The van der Waals surface area contributed by atoms with Gasteiger partial charge in [0.05, 0.1) is 48.3 Å². The van der Waals surface area contributed by atoms with Gasteiger partial charge in [-0.2, -0.15) is 0 Å². The van der Waals surface area contributed by atoms with Crippen molar-refractivity contribution >= 4 is 24.2 Å². The Balaban J connectivity index is 1.22. The zero-order valence-corrected chi connectivity index (χ0v) is 42.1. The van der Waals surface area contributed by atoms with Gasteiger partial charge in [-0.1, -0.05) is 73.1 Å². The summed E-state index contributed by atoms with van der Waals surface area (Å²) in [6.07, 6.45) is -15.4. The average molecular weight is 995 g/mol. The molecule has 23 atom stereocenters.